The number of fused-ring (bicyclic) bond motifs is 1. The summed E-state index contributed by atoms with van der Waals surface area (Å²) in [5.74, 6) is 0. The van der Waals surface area contributed by atoms with Crippen LogP contribution in [0.25, 0.3) is 0 Å². The van der Waals surface area contributed by atoms with Gasteiger partial charge in [-0.15, -0.1) is 0 Å². The number of imidazole rings is 1. The van der Waals surface area contributed by atoms with Crippen molar-refractivity contribution in [3.8, 4) is 0 Å². The molecule has 0 saturated heterocycles. The van der Waals surface area contributed by atoms with E-state index in [4.69, 9.17) is 0 Å². The molecule has 2 aliphatic rings. The van der Waals surface area contributed by atoms with E-state index in [0.29, 0.717) is 0 Å². The Balaban J connectivity index is 1.87. The van der Waals surface area contributed by atoms with Crippen LogP contribution in [0.15, 0.2) is 6.33 Å². The second-order valence-electron chi connectivity index (χ2n) is 5.04. The summed E-state index contributed by atoms with van der Waals surface area (Å²) in [6, 6.07) is 0.771. The summed E-state index contributed by atoms with van der Waals surface area (Å²) in [5, 5.41) is 0. The summed E-state index contributed by atoms with van der Waals surface area (Å²) in [6.07, 6.45) is 14.3. The maximum atomic E-state index is 4.59. The molecule has 0 spiro atoms. The lowest BCUT2D eigenvalue weighted by molar-refractivity contribution is 0.344. The van der Waals surface area contributed by atoms with Crippen LogP contribution in [-0.2, 0) is 12.8 Å². The van der Waals surface area contributed by atoms with Gasteiger partial charge >= 0.3 is 0 Å². The fraction of sp³-hybridized carbons (Fsp3) is 0.769. The van der Waals surface area contributed by atoms with Gasteiger partial charge in [-0.05, 0) is 38.5 Å². The quantitative estimate of drug-likeness (QED) is 0.686. The molecule has 3 rings (SSSR count). The van der Waals surface area contributed by atoms with Crippen LogP contribution in [0.3, 0.4) is 0 Å². The highest BCUT2D eigenvalue weighted by Gasteiger charge is 2.21. The molecule has 1 aromatic rings. The highest BCUT2D eigenvalue weighted by Crippen LogP contribution is 2.31. The van der Waals surface area contributed by atoms with Crippen LogP contribution in [0.1, 0.15) is 62.4 Å². The number of aromatic nitrogens is 2. The number of aryl methyl sites for hydroxylation is 1. The average molecular weight is 204 g/mol. The molecule has 0 N–H and O–H groups in total. The van der Waals surface area contributed by atoms with Gasteiger partial charge in [0.15, 0.2) is 0 Å². The first-order valence-electron chi connectivity index (χ1n) is 6.50. The number of rotatable bonds is 1. The fourth-order valence-corrected chi connectivity index (χ4v) is 3.17. The molecule has 82 valence electrons. The van der Waals surface area contributed by atoms with E-state index in [1.54, 1.807) is 5.69 Å². The molecule has 1 fully saturated rings. The van der Waals surface area contributed by atoms with Gasteiger partial charge in [-0.1, -0.05) is 19.3 Å². The summed E-state index contributed by atoms with van der Waals surface area (Å²) in [6.45, 7) is 0. The summed E-state index contributed by atoms with van der Waals surface area (Å²) >= 11 is 0. The number of hydrogen-bond donors (Lipinski definition) is 0. The van der Waals surface area contributed by atoms with Crippen molar-refractivity contribution in [2.75, 3.05) is 0 Å². The summed E-state index contributed by atoms with van der Waals surface area (Å²) < 4.78 is 2.51. The third kappa shape index (κ3) is 1.70. The second-order valence-corrected chi connectivity index (χ2v) is 5.04. The zero-order valence-corrected chi connectivity index (χ0v) is 9.41. The van der Waals surface area contributed by atoms with Gasteiger partial charge in [-0.25, -0.2) is 4.98 Å². The highest BCUT2D eigenvalue weighted by atomic mass is 15.1. The molecular weight excluding hydrogens is 184 g/mol. The van der Waals surface area contributed by atoms with E-state index in [0.717, 1.165) is 6.04 Å². The first-order chi connectivity index (χ1) is 7.45. The molecule has 2 heteroatoms. The molecule has 0 bridgehead atoms. The van der Waals surface area contributed by atoms with Crippen LogP contribution in [0.2, 0.25) is 0 Å². The van der Waals surface area contributed by atoms with E-state index in [-0.39, 0.29) is 0 Å². The predicted molar refractivity (Wildman–Crippen MR) is 61.0 cm³/mol. The van der Waals surface area contributed by atoms with E-state index in [1.807, 2.05) is 0 Å². The van der Waals surface area contributed by atoms with Gasteiger partial charge in [0.25, 0.3) is 0 Å². The Morgan fingerprint density at radius 1 is 1.00 bits per heavy atom. The predicted octanol–water partition coefficient (Wildman–Crippen LogP) is 3.27. The van der Waals surface area contributed by atoms with Gasteiger partial charge in [-0.3, -0.25) is 0 Å². The minimum absolute atomic E-state index is 0.771. The molecule has 0 radical (unpaired) electrons. The lowest BCUT2D eigenvalue weighted by Crippen LogP contribution is -2.16. The maximum Gasteiger partial charge on any atom is 0.0954 e. The molecule has 1 heterocycles. The van der Waals surface area contributed by atoms with E-state index in [9.17, 15) is 0 Å². The molecule has 1 aromatic heterocycles. The number of nitrogens with zero attached hydrogens (tertiary/aromatic N) is 2. The summed E-state index contributed by atoms with van der Waals surface area (Å²) in [7, 11) is 0. The second kappa shape index (κ2) is 3.99. The largest absolute Gasteiger partial charge is 0.331 e. The molecular formula is C13H20N2. The van der Waals surface area contributed by atoms with E-state index < -0.39 is 0 Å². The highest BCUT2D eigenvalue weighted by molar-refractivity contribution is 5.17. The SMILES string of the molecule is c1nc2c(n1C1CCCCC1)CCCC2. The third-order valence-electron chi connectivity index (χ3n) is 4.03. The van der Waals surface area contributed by atoms with Crippen LogP contribution >= 0.6 is 0 Å². The zero-order valence-electron chi connectivity index (χ0n) is 9.41. The lowest BCUT2D eigenvalue weighted by atomic mass is 9.94. The smallest absolute Gasteiger partial charge is 0.0954 e. The molecule has 2 aliphatic carbocycles. The molecule has 1 saturated carbocycles. The van der Waals surface area contributed by atoms with Crippen molar-refractivity contribution in [2.45, 2.75) is 63.8 Å². The normalized spacial score (nSPS) is 22.7. The third-order valence-corrected chi connectivity index (χ3v) is 4.03. The van der Waals surface area contributed by atoms with Gasteiger partial charge < -0.3 is 4.57 Å². The average Bonchev–Trinajstić information content (AvgIpc) is 2.74. The summed E-state index contributed by atoms with van der Waals surface area (Å²) in [4.78, 5) is 4.59. The van der Waals surface area contributed by atoms with Crippen molar-refractivity contribution in [3.05, 3.63) is 17.7 Å². The van der Waals surface area contributed by atoms with Crippen LogP contribution in [0.5, 0.6) is 0 Å². The lowest BCUT2D eigenvalue weighted by Gasteiger charge is -2.26. The van der Waals surface area contributed by atoms with Crippen molar-refractivity contribution >= 4 is 0 Å². The Morgan fingerprint density at radius 3 is 2.67 bits per heavy atom. The van der Waals surface area contributed by atoms with Crippen LogP contribution in [0.4, 0.5) is 0 Å². The first-order valence-corrected chi connectivity index (χ1v) is 6.50. The Labute approximate surface area is 91.7 Å². The minimum atomic E-state index is 0.771. The molecule has 15 heavy (non-hydrogen) atoms. The minimum Gasteiger partial charge on any atom is -0.331 e. The molecule has 0 aromatic carbocycles. The van der Waals surface area contributed by atoms with Gasteiger partial charge in [0, 0.05) is 11.7 Å². The Hall–Kier alpha value is -0.790. The van der Waals surface area contributed by atoms with Gasteiger partial charge in [0.05, 0.1) is 12.0 Å². The molecule has 0 atom stereocenters. The van der Waals surface area contributed by atoms with Crippen molar-refractivity contribution in [1.29, 1.82) is 0 Å². The van der Waals surface area contributed by atoms with Crippen molar-refractivity contribution in [2.24, 2.45) is 0 Å². The number of hydrogen-bond acceptors (Lipinski definition) is 1. The van der Waals surface area contributed by atoms with Crippen molar-refractivity contribution in [3.63, 3.8) is 0 Å². The fourth-order valence-electron chi connectivity index (χ4n) is 3.17. The van der Waals surface area contributed by atoms with Crippen LogP contribution < -0.4 is 0 Å². The Bertz CT molecular complexity index is 334. The molecule has 0 amide bonds. The van der Waals surface area contributed by atoms with Crippen LogP contribution in [0, 0.1) is 0 Å². The van der Waals surface area contributed by atoms with Crippen molar-refractivity contribution in [1.82, 2.24) is 9.55 Å². The monoisotopic (exact) mass is 204 g/mol. The Morgan fingerprint density at radius 2 is 1.80 bits per heavy atom. The van der Waals surface area contributed by atoms with Gasteiger partial charge in [-0.2, -0.15) is 0 Å². The molecule has 2 nitrogen and oxygen atoms in total. The topological polar surface area (TPSA) is 17.8 Å². The Kier molecular flexibility index (Phi) is 2.51. The van der Waals surface area contributed by atoms with Gasteiger partial charge in [0.1, 0.15) is 0 Å². The van der Waals surface area contributed by atoms with E-state index >= 15 is 0 Å². The molecule has 0 aliphatic heterocycles. The van der Waals surface area contributed by atoms with Gasteiger partial charge in [0.2, 0.25) is 0 Å². The summed E-state index contributed by atoms with van der Waals surface area (Å²) in [5.41, 5.74) is 2.96. The van der Waals surface area contributed by atoms with Crippen LogP contribution in [-0.4, -0.2) is 9.55 Å². The van der Waals surface area contributed by atoms with E-state index in [1.165, 1.54) is 63.5 Å². The standard InChI is InChI=1S/C13H20N2/c1-2-6-11(7-3-1)15-10-14-12-8-4-5-9-13(12)15/h10-11H,1-9H2. The molecule has 0 unspecified atom stereocenters. The van der Waals surface area contributed by atoms with E-state index in [2.05, 4.69) is 15.9 Å². The van der Waals surface area contributed by atoms with Crippen molar-refractivity contribution < 1.29 is 0 Å². The zero-order chi connectivity index (χ0) is 10.1. The maximum absolute atomic E-state index is 4.59. The first kappa shape index (κ1) is 9.44.